The molecule has 0 aliphatic rings. The normalized spacial score (nSPS) is 12.2. The largest absolute Gasteiger partial charge is 0.352 e. The van der Waals surface area contributed by atoms with Gasteiger partial charge in [0, 0.05) is 17.6 Å². The number of carbonyl (C=O) groups is 1. The molecule has 0 fully saturated rings. The third-order valence-corrected chi connectivity index (χ3v) is 2.44. The van der Waals surface area contributed by atoms with E-state index in [9.17, 15) is 4.79 Å². The van der Waals surface area contributed by atoms with Crippen LogP contribution >= 0.6 is 11.6 Å². The number of carbonyl (C=O) groups excluding carboxylic acids is 1. The summed E-state index contributed by atoms with van der Waals surface area (Å²) in [7, 11) is 0. The fourth-order valence-electron chi connectivity index (χ4n) is 1.20. The Balaban J connectivity index is 2.55. The summed E-state index contributed by atoms with van der Waals surface area (Å²) in [5.41, 5.74) is 6.24. The second-order valence-corrected chi connectivity index (χ2v) is 3.88. The zero-order chi connectivity index (χ0) is 11.3. The number of rotatable bonds is 4. The van der Waals surface area contributed by atoms with Crippen LogP contribution in [0, 0.1) is 0 Å². The average Bonchev–Trinajstić information content (AvgIpc) is 2.21. The highest BCUT2D eigenvalue weighted by molar-refractivity contribution is 6.31. The number of nitrogens with two attached hydrogens (primary N) is 1. The van der Waals surface area contributed by atoms with Gasteiger partial charge in [-0.25, -0.2) is 0 Å². The van der Waals surface area contributed by atoms with Crippen LogP contribution in [0.25, 0.3) is 0 Å². The Kier molecular flexibility index (Phi) is 4.59. The van der Waals surface area contributed by atoms with Gasteiger partial charge in [-0.1, -0.05) is 29.8 Å². The lowest BCUT2D eigenvalue weighted by Gasteiger charge is -2.11. The molecule has 1 rings (SSSR count). The van der Waals surface area contributed by atoms with Gasteiger partial charge < -0.3 is 11.1 Å². The first-order valence-corrected chi connectivity index (χ1v) is 5.24. The van der Waals surface area contributed by atoms with E-state index >= 15 is 0 Å². The molecule has 1 aromatic rings. The highest BCUT2D eigenvalue weighted by atomic mass is 35.5. The van der Waals surface area contributed by atoms with Crippen molar-refractivity contribution in [2.24, 2.45) is 5.73 Å². The van der Waals surface area contributed by atoms with E-state index in [1.165, 1.54) is 0 Å². The average molecular weight is 227 g/mol. The van der Waals surface area contributed by atoms with Crippen LogP contribution in [0.4, 0.5) is 0 Å². The van der Waals surface area contributed by atoms with Gasteiger partial charge in [-0.3, -0.25) is 4.79 Å². The molecule has 3 N–H and O–H groups in total. The zero-order valence-electron chi connectivity index (χ0n) is 8.66. The maximum absolute atomic E-state index is 11.5. The molecule has 0 spiro atoms. The molecule has 1 aromatic carbocycles. The Bertz CT molecular complexity index is 341. The third kappa shape index (κ3) is 3.90. The second kappa shape index (κ2) is 5.73. The molecule has 3 nitrogen and oxygen atoms in total. The molecular weight excluding hydrogens is 212 g/mol. The van der Waals surface area contributed by atoms with Gasteiger partial charge in [-0.15, -0.1) is 0 Å². The minimum absolute atomic E-state index is 0.0000113. The van der Waals surface area contributed by atoms with Crippen LogP contribution in [-0.2, 0) is 11.2 Å². The molecule has 0 radical (unpaired) electrons. The van der Waals surface area contributed by atoms with Gasteiger partial charge in [0.25, 0.3) is 0 Å². The van der Waals surface area contributed by atoms with Gasteiger partial charge in [0.05, 0.1) is 6.42 Å². The van der Waals surface area contributed by atoms with Crippen molar-refractivity contribution in [1.29, 1.82) is 0 Å². The molecule has 0 aromatic heterocycles. The molecule has 1 atom stereocenters. The van der Waals surface area contributed by atoms with Gasteiger partial charge in [-0.05, 0) is 18.6 Å². The summed E-state index contributed by atoms with van der Waals surface area (Å²) in [5, 5.41) is 3.40. The Morgan fingerprint density at radius 2 is 2.20 bits per heavy atom. The fourth-order valence-corrected chi connectivity index (χ4v) is 1.40. The van der Waals surface area contributed by atoms with Crippen molar-refractivity contribution in [3.63, 3.8) is 0 Å². The zero-order valence-corrected chi connectivity index (χ0v) is 9.42. The Morgan fingerprint density at radius 1 is 1.53 bits per heavy atom. The summed E-state index contributed by atoms with van der Waals surface area (Å²) in [6, 6.07) is 7.32. The molecule has 0 unspecified atom stereocenters. The molecule has 1 amide bonds. The van der Waals surface area contributed by atoms with Crippen LogP contribution in [0.5, 0.6) is 0 Å². The predicted octanol–water partition coefficient (Wildman–Crippen LogP) is 1.35. The van der Waals surface area contributed by atoms with E-state index in [2.05, 4.69) is 5.32 Å². The smallest absolute Gasteiger partial charge is 0.224 e. The van der Waals surface area contributed by atoms with Crippen molar-refractivity contribution < 1.29 is 4.79 Å². The first-order chi connectivity index (χ1) is 7.13. The van der Waals surface area contributed by atoms with Crippen molar-refractivity contribution in [2.75, 3.05) is 6.54 Å². The van der Waals surface area contributed by atoms with Crippen molar-refractivity contribution in [3.8, 4) is 0 Å². The van der Waals surface area contributed by atoms with E-state index in [1.54, 1.807) is 6.07 Å². The van der Waals surface area contributed by atoms with Crippen LogP contribution in [0.15, 0.2) is 24.3 Å². The fraction of sp³-hybridized carbons (Fsp3) is 0.364. The standard InChI is InChI=1S/C11H15ClN2O/c1-8(7-13)14-11(15)6-9-4-2-3-5-10(9)12/h2-5,8H,6-7,13H2,1H3,(H,14,15)/t8-/m1/s1. The first kappa shape index (κ1) is 12.0. The second-order valence-electron chi connectivity index (χ2n) is 3.47. The maximum atomic E-state index is 11.5. The van der Waals surface area contributed by atoms with Crippen LogP contribution in [0.2, 0.25) is 5.02 Å². The molecule has 0 bridgehead atoms. The van der Waals surface area contributed by atoms with Crippen LogP contribution in [0.3, 0.4) is 0 Å². The molecule has 0 aliphatic carbocycles. The van der Waals surface area contributed by atoms with Crippen LogP contribution < -0.4 is 11.1 Å². The Morgan fingerprint density at radius 3 is 2.80 bits per heavy atom. The van der Waals surface area contributed by atoms with Crippen LogP contribution in [0.1, 0.15) is 12.5 Å². The third-order valence-electron chi connectivity index (χ3n) is 2.07. The summed E-state index contributed by atoms with van der Waals surface area (Å²) in [6.07, 6.45) is 0.296. The maximum Gasteiger partial charge on any atom is 0.224 e. The predicted molar refractivity (Wildman–Crippen MR) is 61.8 cm³/mol. The SMILES string of the molecule is C[C@H](CN)NC(=O)Cc1ccccc1Cl. The minimum atomic E-state index is -0.0546. The summed E-state index contributed by atoms with van der Waals surface area (Å²) in [6.45, 7) is 2.30. The van der Waals surface area contributed by atoms with E-state index in [4.69, 9.17) is 17.3 Å². The van der Waals surface area contributed by atoms with Crippen molar-refractivity contribution in [2.45, 2.75) is 19.4 Å². The van der Waals surface area contributed by atoms with E-state index in [0.29, 0.717) is 18.0 Å². The molecule has 0 saturated carbocycles. The van der Waals surface area contributed by atoms with Gasteiger partial charge in [0.2, 0.25) is 5.91 Å². The number of hydrogen-bond acceptors (Lipinski definition) is 2. The lowest BCUT2D eigenvalue weighted by atomic mass is 10.1. The Hall–Kier alpha value is -1.06. The first-order valence-electron chi connectivity index (χ1n) is 4.86. The molecular formula is C11H15ClN2O. The number of benzene rings is 1. The van der Waals surface area contributed by atoms with E-state index in [-0.39, 0.29) is 11.9 Å². The monoisotopic (exact) mass is 226 g/mol. The lowest BCUT2D eigenvalue weighted by molar-refractivity contribution is -0.120. The topological polar surface area (TPSA) is 55.1 Å². The lowest BCUT2D eigenvalue weighted by Crippen LogP contribution is -2.38. The molecule has 4 heteroatoms. The number of halogens is 1. The molecule has 0 aliphatic heterocycles. The summed E-state index contributed by atoms with van der Waals surface area (Å²) < 4.78 is 0. The molecule has 82 valence electrons. The van der Waals surface area contributed by atoms with E-state index in [0.717, 1.165) is 5.56 Å². The Labute approximate surface area is 94.6 Å². The molecule has 0 saturated heterocycles. The van der Waals surface area contributed by atoms with E-state index in [1.807, 2.05) is 25.1 Å². The highest BCUT2D eigenvalue weighted by Gasteiger charge is 2.08. The minimum Gasteiger partial charge on any atom is -0.352 e. The quantitative estimate of drug-likeness (QED) is 0.814. The van der Waals surface area contributed by atoms with Gasteiger partial charge in [0.1, 0.15) is 0 Å². The van der Waals surface area contributed by atoms with Crippen molar-refractivity contribution in [3.05, 3.63) is 34.9 Å². The van der Waals surface area contributed by atoms with Gasteiger partial charge in [0.15, 0.2) is 0 Å². The number of amides is 1. The van der Waals surface area contributed by atoms with Crippen molar-refractivity contribution in [1.82, 2.24) is 5.32 Å². The summed E-state index contributed by atoms with van der Waals surface area (Å²) >= 11 is 5.93. The van der Waals surface area contributed by atoms with Gasteiger partial charge >= 0.3 is 0 Å². The molecule has 0 heterocycles. The van der Waals surface area contributed by atoms with Crippen LogP contribution in [-0.4, -0.2) is 18.5 Å². The van der Waals surface area contributed by atoms with E-state index < -0.39 is 0 Å². The summed E-state index contributed by atoms with van der Waals surface area (Å²) in [5.74, 6) is -0.0546. The summed E-state index contributed by atoms with van der Waals surface area (Å²) in [4.78, 5) is 11.5. The number of hydrogen-bond donors (Lipinski definition) is 2. The molecule has 15 heavy (non-hydrogen) atoms. The highest BCUT2D eigenvalue weighted by Crippen LogP contribution is 2.15. The van der Waals surface area contributed by atoms with Gasteiger partial charge in [-0.2, -0.15) is 0 Å². The van der Waals surface area contributed by atoms with Crippen molar-refractivity contribution >= 4 is 17.5 Å². The number of nitrogens with one attached hydrogen (secondary N) is 1.